The number of amides is 1. The van der Waals surface area contributed by atoms with Gasteiger partial charge in [-0.15, -0.1) is 0 Å². The van der Waals surface area contributed by atoms with Gasteiger partial charge >= 0.3 is 0 Å². The summed E-state index contributed by atoms with van der Waals surface area (Å²) in [4.78, 5) is 14.9. The third-order valence-electron chi connectivity index (χ3n) is 4.69. The molecule has 1 aliphatic heterocycles. The van der Waals surface area contributed by atoms with Gasteiger partial charge in [0, 0.05) is 17.1 Å². The molecule has 1 saturated carbocycles. The van der Waals surface area contributed by atoms with Crippen LogP contribution in [0.1, 0.15) is 48.9 Å². The highest BCUT2D eigenvalue weighted by Crippen LogP contribution is 2.37. The van der Waals surface area contributed by atoms with E-state index < -0.39 is 0 Å². The zero-order chi connectivity index (χ0) is 14.1. The summed E-state index contributed by atoms with van der Waals surface area (Å²) in [5.41, 5.74) is 0.632. The van der Waals surface area contributed by atoms with Crippen molar-refractivity contribution in [1.29, 1.82) is 0 Å². The first kappa shape index (κ1) is 14.4. The summed E-state index contributed by atoms with van der Waals surface area (Å²) in [5.74, 6) is 0.806. The number of piperidine rings is 1. The quantitative estimate of drug-likeness (QED) is 0.701. The fourth-order valence-corrected chi connectivity index (χ4v) is 4.27. The van der Waals surface area contributed by atoms with E-state index in [2.05, 4.69) is 20.8 Å². The van der Waals surface area contributed by atoms with Gasteiger partial charge < -0.3 is 4.90 Å². The van der Waals surface area contributed by atoms with E-state index in [4.69, 9.17) is 11.6 Å². The van der Waals surface area contributed by atoms with E-state index in [9.17, 15) is 4.79 Å². The Labute approximate surface area is 133 Å². The number of rotatable bonds is 1. The minimum absolute atomic E-state index is 0.105. The van der Waals surface area contributed by atoms with Gasteiger partial charge in [0.05, 0.1) is 10.6 Å². The molecule has 1 aromatic carbocycles. The van der Waals surface area contributed by atoms with Gasteiger partial charge in [-0.05, 0) is 59.7 Å². The molecule has 0 N–H and O–H groups in total. The molecule has 0 aromatic heterocycles. The molecule has 1 saturated heterocycles. The highest BCUT2D eigenvalue weighted by atomic mass is 79.9. The molecule has 2 aliphatic rings. The molecule has 1 aliphatic carbocycles. The van der Waals surface area contributed by atoms with Crippen molar-refractivity contribution in [3.8, 4) is 0 Å². The van der Waals surface area contributed by atoms with E-state index in [-0.39, 0.29) is 5.91 Å². The highest BCUT2D eigenvalue weighted by Gasteiger charge is 2.36. The number of carbonyl (C=O) groups is 1. The Morgan fingerprint density at radius 2 is 1.95 bits per heavy atom. The largest absolute Gasteiger partial charge is 0.335 e. The van der Waals surface area contributed by atoms with Gasteiger partial charge in [-0.25, -0.2) is 0 Å². The van der Waals surface area contributed by atoms with Crippen LogP contribution in [0.5, 0.6) is 0 Å². The summed E-state index contributed by atoms with van der Waals surface area (Å²) < 4.78 is 0.794. The van der Waals surface area contributed by atoms with Crippen molar-refractivity contribution in [2.24, 2.45) is 5.92 Å². The molecule has 0 unspecified atom stereocenters. The molecular weight excluding hydrogens is 338 g/mol. The molecule has 2 nitrogen and oxygen atoms in total. The summed E-state index contributed by atoms with van der Waals surface area (Å²) >= 11 is 9.69. The SMILES string of the molecule is O=C(c1cccc(Br)c1Cl)N1CCC[C@H]2CCCC[C@H]21. The van der Waals surface area contributed by atoms with Gasteiger partial charge in [-0.3, -0.25) is 4.79 Å². The Morgan fingerprint density at radius 1 is 1.20 bits per heavy atom. The Hall–Kier alpha value is -0.540. The van der Waals surface area contributed by atoms with Gasteiger partial charge in [0.1, 0.15) is 0 Å². The normalized spacial score (nSPS) is 26.2. The molecule has 4 heteroatoms. The minimum atomic E-state index is 0.105. The molecule has 2 atom stereocenters. The van der Waals surface area contributed by atoms with Crippen molar-refractivity contribution in [2.45, 2.75) is 44.6 Å². The predicted octanol–water partition coefficient (Wildman–Crippen LogP) is 4.90. The van der Waals surface area contributed by atoms with Gasteiger partial charge in [-0.1, -0.05) is 30.5 Å². The molecule has 3 rings (SSSR count). The van der Waals surface area contributed by atoms with Crippen LogP contribution in [0.3, 0.4) is 0 Å². The van der Waals surface area contributed by atoms with Gasteiger partial charge in [0.15, 0.2) is 0 Å². The molecule has 0 spiro atoms. The molecule has 1 heterocycles. The van der Waals surface area contributed by atoms with Crippen molar-refractivity contribution in [1.82, 2.24) is 4.90 Å². The summed E-state index contributed by atoms with van der Waals surface area (Å²) in [6, 6.07) is 6.02. The van der Waals surface area contributed by atoms with Crippen molar-refractivity contribution in [2.75, 3.05) is 6.54 Å². The Bertz CT molecular complexity index is 517. The fraction of sp³-hybridized carbons (Fsp3) is 0.562. The van der Waals surface area contributed by atoms with Crippen LogP contribution in [0.2, 0.25) is 5.02 Å². The number of likely N-dealkylation sites (tertiary alicyclic amines) is 1. The van der Waals surface area contributed by atoms with Crippen LogP contribution in [0, 0.1) is 5.92 Å². The van der Waals surface area contributed by atoms with Gasteiger partial charge in [-0.2, -0.15) is 0 Å². The number of hydrogen-bond acceptors (Lipinski definition) is 1. The molecular formula is C16H19BrClNO. The first-order chi connectivity index (χ1) is 9.68. The number of benzene rings is 1. The van der Waals surface area contributed by atoms with Crippen LogP contribution in [-0.2, 0) is 0 Å². The molecule has 0 radical (unpaired) electrons. The molecule has 20 heavy (non-hydrogen) atoms. The Kier molecular flexibility index (Phi) is 4.37. The average molecular weight is 357 g/mol. The van der Waals surface area contributed by atoms with Crippen LogP contribution in [0.15, 0.2) is 22.7 Å². The van der Waals surface area contributed by atoms with Crippen LogP contribution >= 0.6 is 27.5 Å². The van der Waals surface area contributed by atoms with Crippen molar-refractivity contribution in [3.05, 3.63) is 33.3 Å². The first-order valence-corrected chi connectivity index (χ1v) is 8.60. The van der Waals surface area contributed by atoms with Crippen LogP contribution < -0.4 is 0 Å². The lowest BCUT2D eigenvalue weighted by molar-refractivity contribution is 0.0391. The predicted molar refractivity (Wildman–Crippen MR) is 85.2 cm³/mol. The summed E-state index contributed by atoms with van der Waals surface area (Å²) in [6.07, 6.45) is 7.40. The Morgan fingerprint density at radius 3 is 2.80 bits per heavy atom. The number of halogens is 2. The van der Waals surface area contributed by atoms with Gasteiger partial charge in [0.2, 0.25) is 0 Å². The van der Waals surface area contributed by atoms with E-state index in [1.165, 1.54) is 25.7 Å². The van der Waals surface area contributed by atoms with Crippen molar-refractivity contribution < 1.29 is 4.79 Å². The summed E-state index contributed by atoms with van der Waals surface area (Å²) in [6.45, 7) is 0.878. The van der Waals surface area contributed by atoms with Gasteiger partial charge in [0.25, 0.3) is 5.91 Å². The summed E-state index contributed by atoms with van der Waals surface area (Å²) in [7, 11) is 0. The van der Waals surface area contributed by atoms with E-state index in [1.54, 1.807) is 0 Å². The second kappa shape index (κ2) is 6.07. The second-order valence-corrected chi connectivity index (χ2v) is 7.09. The minimum Gasteiger partial charge on any atom is -0.335 e. The third-order valence-corrected chi connectivity index (χ3v) is 5.98. The van der Waals surface area contributed by atoms with Crippen LogP contribution in [-0.4, -0.2) is 23.4 Å². The van der Waals surface area contributed by atoms with Crippen LogP contribution in [0.25, 0.3) is 0 Å². The van der Waals surface area contributed by atoms with E-state index in [0.717, 1.165) is 23.9 Å². The van der Waals surface area contributed by atoms with E-state index in [0.29, 0.717) is 22.5 Å². The topological polar surface area (TPSA) is 20.3 Å². The zero-order valence-corrected chi connectivity index (χ0v) is 13.8. The number of carbonyl (C=O) groups excluding carboxylic acids is 1. The molecule has 0 bridgehead atoms. The molecule has 1 aromatic rings. The second-order valence-electron chi connectivity index (χ2n) is 5.85. The lowest BCUT2D eigenvalue weighted by atomic mass is 9.78. The number of hydrogen-bond donors (Lipinski definition) is 0. The lowest BCUT2D eigenvalue weighted by Gasteiger charge is -2.44. The van der Waals surface area contributed by atoms with E-state index >= 15 is 0 Å². The zero-order valence-electron chi connectivity index (χ0n) is 11.4. The fourth-order valence-electron chi connectivity index (χ4n) is 3.70. The lowest BCUT2D eigenvalue weighted by Crippen LogP contribution is -2.49. The highest BCUT2D eigenvalue weighted by molar-refractivity contribution is 9.10. The maximum absolute atomic E-state index is 12.8. The third kappa shape index (κ3) is 2.62. The molecule has 2 fully saturated rings. The van der Waals surface area contributed by atoms with Crippen LogP contribution in [0.4, 0.5) is 0 Å². The first-order valence-electron chi connectivity index (χ1n) is 7.43. The maximum Gasteiger partial charge on any atom is 0.255 e. The monoisotopic (exact) mass is 355 g/mol. The van der Waals surface area contributed by atoms with E-state index in [1.807, 2.05) is 18.2 Å². The smallest absolute Gasteiger partial charge is 0.255 e. The number of fused-ring (bicyclic) bond motifs is 1. The maximum atomic E-state index is 12.8. The molecule has 1 amide bonds. The average Bonchev–Trinajstić information content (AvgIpc) is 2.49. The standard InChI is InChI=1S/C16H19BrClNO/c17-13-8-3-7-12(15(13)18)16(20)19-10-4-6-11-5-1-2-9-14(11)19/h3,7-8,11,14H,1-2,4-6,9-10H2/t11-,14-/m1/s1. The summed E-state index contributed by atoms with van der Waals surface area (Å²) in [5, 5.41) is 0.537. The Balaban J connectivity index is 1.87. The van der Waals surface area contributed by atoms with Crippen molar-refractivity contribution in [3.63, 3.8) is 0 Å². The number of nitrogens with zero attached hydrogens (tertiary/aromatic N) is 1. The molecule has 108 valence electrons. The van der Waals surface area contributed by atoms with Crippen molar-refractivity contribution >= 4 is 33.4 Å².